The van der Waals surface area contributed by atoms with Gasteiger partial charge in [0.15, 0.2) is 0 Å². The van der Waals surface area contributed by atoms with Crippen molar-refractivity contribution < 1.29 is 22.5 Å². The molecule has 1 aromatic carbocycles. The number of rotatable bonds is 2. The Balaban J connectivity index is 2.97. The van der Waals surface area contributed by atoms with Gasteiger partial charge in [-0.15, -0.1) is 4.39 Å². The third-order valence-electron chi connectivity index (χ3n) is 1.70. The highest BCUT2D eigenvalue weighted by Crippen LogP contribution is 2.29. The molecule has 0 atom stereocenters. The van der Waals surface area contributed by atoms with Crippen molar-refractivity contribution in [3.63, 3.8) is 0 Å². The van der Waals surface area contributed by atoms with Crippen LogP contribution in [0.4, 0.5) is 17.6 Å². The van der Waals surface area contributed by atoms with E-state index in [4.69, 9.17) is 0 Å². The van der Waals surface area contributed by atoms with E-state index in [0.29, 0.717) is 6.08 Å². The first-order valence-corrected chi connectivity index (χ1v) is 3.99. The minimum atomic E-state index is -4.48. The summed E-state index contributed by atoms with van der Waals surface area (Å²) in [5.74, 6) is -1.63. The monoisotopic (exact) mass is 235 g/mol. The molecule has 0 saturated heterocycles. The summed E-state index contributed by atoms with van der Waals surface area (Å²) in [5.41, 5.74) is -0.909. The summed E-state index contributed by atoms with van der Waals surface area (Å²) in [7, 11) is 0. The van der Waals surface area contributed by atoms with Crippen molar-refractivity contribution in [3.8, 4) is 0 Å². The van der Waals surface area contributed by atoms with Crippen LogP contribution in [0.15, 0.2) is 30.2 Å². The van der Waals surface area contributed by atoms with Gasteiger partial charge in [0, 0.05) is 0 Å². The molecule has 7 heteroatoms. The zero-order valence-electron chi connectivity index (χ0n) is 7.66. The van der Waals surface area contributed by atoms with Crippen molar-refractivity contribution in [2.24, 2.45) is 0 Å². The predicted molar refractivity (Wildman–Crippen MR) is 47.5 cm³/mol. The van der Waals surface area contributed by atoms with Gasteiger partial charge in [-0.1, -0.05) is 12.1 Å². The van der Waals surface area contributed by atoms with E-state index in [1.54, 1.807) is 0 Å². The molecule has 0 saturated carbocycles. The van der Waals surface area contributed by atoms with Gasteiger partial charge in [0.1, 0.15) is 0 Å². The number of hydrogen-bond acceptors (Lipinski definition) is 2. The van der Waals surface area contributed by atoms with Crippen molar-refractivity contribution in [1.82, 2.24) is 0 Å². The van der Waals surface area contributed by atoms with Gasteiger partial charge >= 0.3 is 12.1 Å². The molecular formula is C9H5F4NO2. The van der Waals surface area contributed by atoms with Crippen molar-refractivity contribution in [2.75, 3.05) is 0 Å². The van der Waals surface area contributed by atoms with Crippen LogP contribution < -0.4 is 0 Å². The molecule has 16 heavy (non-hydrogen) atoms. The van der Waals surface area contributed by atoms with Crippen LogP contribution in [0.25, 0.3) is 6.08 Å². The second kappa shape index (κ2) is 4.30. The molecule has 0 N–H and O–H groups in total. The van der Waals surface area contributed by atoms with Crippen LogP contribution >= 0.6 is 0 Å². The SMILES string of the molecule is O=[N+]([O-])/C(F)=C/c1ccc(C(F)(F)F)cc1. The maximum Gasteiger partial charge on any atom is 0.419 e. The molecule has 3 nitrogen and oxygen atoms in total. The fraction of sp³-hybridized carbons (Fsp3) is 0.111. The number of hydrogen-bond donors (Lipinski definition) is 0. The Labute approximate surface area is 87.2 Å². The van der Waals surface area contributed by atoms with Crippen LogP contribution in [0.1, 0.15) is 11.1 Å². The van der Waals surface area contributed by atoms with Crippen LogP contribution in [0.2, 0.25) is 0 Å². The van der Waals surface area contributed by atoms with E-state index < -0.39 is 22.6 Å². The van der Waals surface area contributed by atoms with Gasteiger partial charge in [-0.3, -0.25) is 10.1 Å². The minimum Gasteiger partial charge on any atom is -0.256 e. The standard InChI is InChI=1S/C9H5F4NO2/c10-8(14(15)16)5-6-1-3-7(4-2-6)9(11,12)13/h1-5H/b8-5+. The molecule has 0 bridgehead atoms. The van der Waals surface area contributed by atoms with Crippen LogP contribution in [0.5, 0.6) is 0 Å². The molecule has 0 radical (unpaired) electrons. The Morgan fingerprint density at radius 2 is 1.75 bits per heavy atom. The van der Waals surface area contributed by atoms with E-state index in [2.05, 4.69) is 0 Å². The average Bonchev–Trinajstić information content (AvgIpc) is 2.17. The summed E-state index contributed by atoms with van der Waals surface area (Å²) < 4.78 is 48.8. The molecule has 0 spiro atoms. The molecule has 0 fully saturated rings. The Morgan fingerprint density at radius 3 is 2.12 bits per heavy atom. The van der Waals surface area contributed by atoms with Crippen LogP contribution in [-0.4, -0.2) is 4.92 Å². The summed E-state index contributed by atoms with van der Waals surface area (Å²) in [6.07, 6.45) is -3.94. The highest BCUT2D eigenvalue weighted by Gasteiger charge is 2.29. The van der Waals surface area contributed by atoms with E-state index in [0.717, 1.165) is 24.3 Å². The summed E-state index contributed by atoms with van der Waals surface area (Å²) in [6, 6.07) is 3.34. The lowest BCUT2D eigenvalue weighted by Crippen LogP contribution is -2.04. The molecule has 1 aromatic rings. The van der Waals surface area contributed by atoms with Crippen molar-refractivity contribution in [2.45, 2.75) is 6.18 Å². The van der Waals surface area contributed by atoms with Crippen LogP contribution in [0.3, 0.4) is 0 Å². The van der Waals surface area contributed by atoms with Crippen LogP contribution in [-0.2, 0) is 6.18 Å². The first-order valence-electron chi connectivity index (χ1n) is 3.99. The largest absolute Gasteiger partial charge is 0.419 e. The number of halogens is 4. The number of nitrogens with zero attached hydrogens (tertiary/aromatic N) is 1. The van der Waals surface area contributed by atoms with E-state index in [1.807, 2.05) is 0 Å². The first-order chi connectivity index (χ1) is 7.30. The summed E-state index contributed by atoms with van der Waals surface area (Å²) in [5, 5.41) is 9.91. The van der Waals surface area contributed by atoms with Crippen LogP contribution in [0, 0.1) is 10.1 Å². The van der Waals surface area contributed by atoms with E-state index in [-0.39, 0.29) is 5.56 Å². The fourth-order valence-corrected chi connectivity index (χ4v) is 0.959. The lowest BCUT2D eigenvalue weighted by molar-refractivity contribution is -0.445. The summed E-state index contributed by atoms with van der Waals surface area (Å²) >= 11 is 0. The molecule has 0 amide bonds. The molecule has 0 aromatic heterocycles. The predicted octanol–water partition coefficient (Wildman–Crippen LogP) is 3.25. The van der Waals surface area contributed by atoms with Gasteiger partial charge in [-0.2, -0.15) is 13.2 Å². The van der Waals surface area contributed by atoms with E-state index >= 15 is 0 Å². The second-order valence-corrected chi connectivity index (χ2v) is 2.84. The molecule has 0 unspecified atom stereocenters. The molecule has 0 heterocycles. The van der Waals surface area contributed by atoms with Gasteiger partial charge in [0.2, 0.25) is 0 Å². The highest BCUT2D eigenvalue weighted by atomic mass is 19.4. The third kappa shape index (κ3) is 3.04. The average molecular weight is 235 g/mol. The second-order valence-electron chi connectivity index (χ2n) is 2.84. The zero-order valence-corrected chi connectivity index (χ0v) is 7.66. The third-order valence-corrected chi connectivity index (χ3v) is 1.70. The van der Waals surface area contributed by atoms with Crippen molar-refractivity contribution in [1.29, 1.82) is 0 Å². The first kappa shape index (κ1) is 12.2. The fourth-order valence-electron chi connectivity index (χ4n) is 0.959. The number of nitro groups is 1. The lowest BCUT2D eigenvalue weighted by atomic mass is 10.1. The van der Waals surface area contributed by atoms with Gasteiger partial charge in [-0.25, -0.2) is 0 Å². The Bertz CT molecular complexity index is 422. The smallest absolute Gasteiger partial charge is 0.256 e. The zero-order chi connectivity index (χ0) is 12.3. The lowest BCUT2D eigenvalue weighted by Gasteiger charge is -2.05. The van der Waals surface area contributed by atoms with Crippen molar-refractivity contribution >= 4 is 6.08 Å². The molecule has 1 rings (SSSR count). The van der Waals surface area contributed by atoms with Gasteiger partial charge < -0.3 is 0 Å². The number of benzene rings is 1. The quantitative estimate of drug-likeness (QED) is 0.342. The van der Waals surface area contributed by atoms with Gasteiger partial charge in [-0.05, 0) is 17.7 Å². The maximum absolute atomic E-state index is 12.5. The summed E-state index contributed by atoms with van der Waals surface area (Å²) in [4.78, 5) is 8.65. The summed E-state index contributed by atoms with van der Waals surface area (Å²) in [6.45, 7) is 0. The maximum atomic E-state index is 12.5. The van der Waals surface area contributed by atoms with Gasteiger partial charge in [0.05, 0.1) is 16.6 Å². The minimum absolute atomic E-state index is 0.0119. The molecular weight excluding hydrogens is 230 g/mol. The number of alkyl halides is 3. The van der Waals surface area contributed by atoms with Crippen molar-refractivity contribution in [3.05, 3.63) is 51.5 Å². The molecule has 0 aliphatic heterocycles. The van der Waals surface area contributed by atoms with E-state index in [1.165, 1.54) is 0 Å². The topological polar surface area (TPSA) is 43.1 Å². The Kier molecular flexibility index (Phi) is 3.26. The Hall–Kier alpha value is -1.92. The normalized spacial score (nSPS) is 12.6. The van der Waals surface area contributed by atoms with Gasteiger partial charge in [0.25, 0.3) is 0 Å². The molecule has 86 valence electrons. The highest BCUT2D eigenvalue weighted by molar-refractivity contribution is 5.50. The molecule has 0 aliphatic rings. The Morgan fingerprint density at radius 1 is 1.25 bits per heavy atom. The van der Waals surface area contributed by atoms with E-state index in [9.17, 15) is 27.7 Å². The molecule has 0 aliphatic carbocycles.